The van der Waals surface area contributed by atoms with E-state index in [0.29, 0.717) is 6.54 Å². The van der Waals surface area contributed by atoms with Crippen molar-refractivity contribution in [3.8, 4) is 0 Å². The van der Waals surface area contributed by atoms with E-state index in [-0.39, 0.29) is 11.9 Å². The van der Waals surface area contributed by atoms with Gasteiger partial charge in [0.2, 0.25) is 5.91 Å². The van der Waals surface area contributed by atoms with Crippen molar-refractivity contribution in [1.82, 2.24) is 10.2 Å². The molecule has 1 N–H and O–H groups in total. The maximum Gasteiger partial charge on any atom is 0.234 e. The Morgan fingerprint density at radius 1 is 1.16 bits per heavy atom. The first kappa shape index (κ1) is 14.1. The summed E-state index contributed by atoms with van der Waals surface area (Å²) in [7, 11) is 0. The fourth-order valence-electron chi connectivity index (χ4n) is 2.61. The van der Waals surface area contributed by atoms with Crippen LogP contribution in [-0.4, -0.2) is 30.4 Å². The number of amides is 1. The standard InChI is InChI=1S/C16H24N2O/c1-14(15-9-5-4-6-10-15)17-16(19)13-18-11-7-2-3-8-12-18/h4-6,9-10,14H,2-3,7-8,11-13H2,1H3,(H,17,19). The van der Waals surface area contributed by atoms with Crippen molar-refractivity contribution >= 4 is 5.91 Å². The Labute approximate surface area is 116 Å². The quantitative estimate of drug-likeness (QED) is 0.903. The Balaban J connectivity index is 1.80. The predicted octanol–water partition coefficient (Wildman–Crippen LogP) is 2.74. The molecule has 1 aliphatic heterocycles. The van der Waals surface area contributed by atoms with Crippen LogP contribution in [0.5, 0.6) is 0 Å². The van der Waals surface area contributed by atoms with Gasteiger partial charge in [-0.3, -0.25) is 9.69 Å². The highest BCUT2D eigenvalue weighted by atomic mass is 16.2. The van der Waals surface area contributed by atoms with E-state index in [9.17, 15) is 4.79 Å². The van der Waals surface area contributed by atoms with Gasteiger partial charge in [0.15, 0.2) is 0 Å². The third-order valence-corrected chi connectivity index (χ3v) is 3.74. The Hall–Kier alpha value is -1.35. The summed E-state index contributed by atoms with van der Waals surface area (Å²) in [6.07, 6.45) is 5.06. The van der Waals surface area contributed by atoms with Crippen LogP contribution in [0.4, 0.5) is 0 Å². The number of carbonyl (C=O) groups is 1. The molecule has 1 aliphatic rings. The smallest absolute Gasteiger partial charge is 0.234 e. The summed E-state index contributed by atoms with van der Waals surface area (Å²) >= 11 is 0. The Morgan fingerprint density at radius 3 is 2.42 bits per heavy atom. The molecule has 1 atom stereocenters. The molecule has 1 aromatic rings. The highest BCUT2D eigenvalue weighted by Gasteiger charge is 2.14. The van der Waals surface area contributed by atoms with E-state index in [1.54, 1.807) is 0 Å². The van der Waals surface area contributed by atoms with Crippen molar-refractivity contribution in [2.24, 2.45) is 0 Å². The highest BCUT2D eigenvalue weighted by Crippen LogP contribution is 2.12. The lowest BCUT2D eigenvalue weighted by Gasteiger charge is -2.21. The van der Waals surface area contributed by atoms with Crippen molar-refractivity contribution < 1.29 is 4.79 Å². The molecule has 1 fully saturated rings. The number of carbonyl (C=O) groups excluding carboxylic acids is 1. The number of nitrogens with one attached hydrogen (secondary N) is 1. The maximum absolute atomic E-state index is 12.1. The fourth-order valence-corrected chi connectivity index (χ4v) is 2.61. The molecule has 1 heterocycles. The van der Waals surface area contributed by atoms with Gasteiger partial charge < -0.3 is 5.32 Å². The van der Waals surface area contributed by atoms with Crippen LogP contribution < -0.4 is 5.32 Å². The average molecular weight is 260 g/mol. The first-order valence-electron chi connectivity index (χ1n) is 7.32. The number of hydrogen-bond donors (Lipinski definition) is 1. The van der Waals surface area contributed by atoms with E-state index >= 15 is 0 Å². The summed E-state index contributed by atoms with van der Waals surface area (Å²) in [4.78, 5) is 14.3. The monoisotopic (exact) mass is 260 g/mol. The Bertz CT molecular complexity index is 383. The van der Waals surface area contributed by atoms with Gasteiger partial charge in [-0.05, 0) is 38.4 Å². The largest absolute Gasteiger partial charge is 0.348 e. The van der Waals surface area contributed by atoms with Gasteiger partial charge in [0.05, 0.1) is 12.6 Å². The van der Waals surface area contributed by atoms with Crippen LogP contribution in [0.2, 0.25) is 0 Å². The molecule has 0 bridgehead atoms. The molecule has 1 saturated heterocycles. The molecule has 3 heteroatoms. The minimum atomic E-state index is 0.0840. The predicted molar refractivity (Wildman–Crippen MR) is 77.9 cm³/mol. The van der Waals surface area contributed by atoms with E-state index in [0.717, 1.165) is 18.7 Å². The second-order valence-corrected chi connectivity index (χ2v) is 5.39. The zero-order valence-electron chi connectivity index (χ0n) is 11.8. The Morgan fingerprint density at radius 2 is 1.79 bits per heavy atom. The first-order chi connectivity index (χ1) is 9.25. The van der Waals surface area contributed by atoms with Crippen molar-refractivity contribution in [2.45, 2.75) is 38.6 Å². The third kappa shape index (κ3) is 4.67. The van der Waals surface area contributed by atoms with E-state index in [1.807, 2.05) is 25.1 Å². The molecule has 1 amide bonds. The van der Waals surface area contributed by atoms with Gasteiger partial charge in [-0.2, -0.15) is 0 Å². The molecule has 3 nitrogen and oxygen atoms in total. The summed E-state index contributed by atoms with van der Waals surface area (Å²) in [5.74, 6) is 0.137. The van der Waals surface area contributed by atoms with E-state index in [1.165, 1.54) is 25.7 Å². The van der Waals surface area contributed by atoms with Gasteiger partial charge in [0.25, 0.3) is 0 Å². The molecule has 1 aromatic carbocycles. The van der Waals surface area contributed by atoms with Crippen LogP contribution in [0, 0.1) is 0 Å². The molecule has 0 saturated carbocycles. The summed E-state index contributed by atoms with van der Waals surface area (Å²) in [6, 6.07) is 10.2. The summed E-state index contributed by atoms with van der Waals surface area (Å²) < 4.78 is 0. The zero-order valence-corrected chi connectivity index (χ0v) is 11.8. The van der Waals surface area contributed by atoms with Crippen molar-refractivity contribution in [2.75, 3.05) is 19.6 Å². The number of nitrogens with zero attached hydrogens (tertiary/aromatic N) is 1. The SMILES string of the molecule is CC(NC(=O)CN1CCCCCC1)c1ccccc1. The van der Waals surface area contributed by atoms with Gasteiger partial charge in [0, 0.05) is 0 Å². The molecule has 2 rings (SSSR count). The number of likely N-dealkylation sites (tertiary alicyclic amines) is 1. The third-order valence-electron chi connectivity index (χ3n) is 3.74. The molecular formula is C16H24N2O. The normalized spacial score (nSPS) is 18.6. The van der Waals surface area contributed by atoms with Gasteiger partial charge >= 0.3 is 0 Å². The average Bonchev–Trinajstić information content (AvgIpc) is 2.68. The molecule has 0 aromatic heterocycles. The van der Waals surface area contributed by atoms with Crippen LogP contribution >= 0.6 is 0 Å². The van der Waals surface area contributed by atoms with E-state index < -0.39 is 0 Å². The summed E-state index contributed by atoms with van der Waals surface area (Å²) in [5.41, 5.74) is 1.16. The fraction of sp³-hybridized carbons (Fsp3) is 0.562. The number of benzene rings is 1. The minimum absolute atomic E-state index is 0.0840. The maximum atomic E-state index is 12.1. The Kier molecular flexibility index (Phi) is 5.40. The summed E-state index contributed by atoms with van der Waals surface area (Å²) in [6.45, 7) is 4.70. The van der Waals surface area contributed by atoms with Gasteiger partial charge in [-0.1, -0.05) is 43.2 Å². The molecule has 0 aliphatic carbocycles. The molecule has 19 heavy (non-hydrogen) atoms. The van der Waals surface area contributed by atoms with E-state index in [2.05, 4.69) is 22.3 Å². The van der Waals surface area contributed by atoms with Crippen LogP contribution in [0.3, 0.4) is 0 Å². The second kappa shape index (κ2) is 7.29. The zero-order chi connectivity index (χ0) is 13.5. The topological polar surface area (TPSA) is 32.3 Å². The van der Waals surface area contributed by atoms with Gasteiger partial charge in [-0.25, -0.2) is 0 Å². The first-order valence-corrected chi connectivity index (χ1v) is 7.32. The minimum Gasteiger partial charge on any atom is -0.348 e. The number of hydrogen-bond acceptors (Lipinski definition) is 2. The van der Waals surface area contributed by atoms with Crippen LogP contribution in [-0.2, 0) is 4.79 Å². The number of rotatable bonds is 4. The lowest BCUT2D eigenvalue weighted by atomic mass is 10.1. The second-order valence-electron chi connectivity index (χ2n) is 5.39. The molecule has 104 valence electrons. The van der Waals surface area contributed by atoms with Crippen molar-refractivity contribution in [1.29, 1.82) is 0 Å². The van der Waals surface area contributed by atoms with Crippen LogP contribution in [0.1, 0.15) is 44.2 Å². The van der Waals surface area contributed by atoms with Crippen LogP contribution in [0.25, 0.3) is 0 Å². The molecule has 1 unspecified atom stereocenters. The van der Waals surface area contributed by atoms with Crippen molar-refractivity contribution in [3.05, 3.63) is 35.9 Å². The van der Waals surface area contributed by atoms with Gasteiger partial charge in [0.1, 0.15) is 0 Å². The summed E-state index contributed by atoms with van der Waals surface area (Å²) in [5, 5.41) is 3.08. The molecule has 0 spiro atoms. The van der Waals surface area contributed by atoms with E-state index in [4.69, 9.17) is 0 Å². The van der Waals surface area contributed by atoms with Crippen LogP contribution in [0.15, 0.2) is 30.3 Å². The van der Waals surface area contributed by atoms with Gasteiger partial charge in [-0.15, -0.1) is 0 Å². The highest BCUT2D eigenvalue weighted by molar-refractivity contribution is 5.78. The lowest BCUT2D eigenvalue weighted by molar-refractivity contribution is -0.122. The van der Waals surface area contributed by atoms with Crippen molar-refractivity contribution in [3.63, 3.8) is 0 Å². The lowest BCUT2D eigenvalue weighted by Crippen LogP contribution is -2.38. The molecular weight excluding hydrogens is 236 g/mol. The molecule has 0 radical (unpaired) electrons.